The molecule has 0 fully saturated rings. The molecule has 0 unspecified atom stereocenters. The molecule has 3 rings (SSSR count). The summed E-state index contributed by atoms with van der Waals surface area (Å²) in [5.41, 5.74) is 0.976. The summed E-state index contributed by atoms with van der Waals surface area (Å²) in [5.74, 6) is 0.687. The summed E-state index contributed by atoms with van der Waals surface area (Å²) >= 11 is 0. The Morgan fingerprint density at radius 3 is 2.75 bits per heavy atom. The fourth-order valence-electron chi connectivity index (χ4n) is 2.04. The van der Waals surface area contributed by atoms with Crippen LogP contribution in [0.25, 0.3) is 11.0 Å². The van der Waals surface area contributed by atoms with Crippen LogP contribution in [0.15, 0.2) is 52.9 Å². The molecule has 0 atom stereocenters. The fourth-order valence-corrected chi connectivity index (χ4v) is 2.04. The second-order valence-corrected chi connectivity index (χ2v) is 4.39. The molecule has 0 bridgehead atoms. The molecular formula is C16H12O4. The SMILES string of the molecule is COc1ccc2cc(C(=O)c3cccc(O)c3)oc2c1. The minimum Gasteiger partial charge on any atom is -0.508 e. The van der Waals surface area contributed by atoms with Gasteiger partial charge in [-0.3, -0.25) is 4.79 Å². The Kier molecular flexibility index (Phi) is 2.91. The van der Waals surface area contributed by atoms with Crippen LogP contribution < -0.4 is 4.74 Å². The van der Waals surface area contributed by atoms with Crippen LogP contribution in [0.3, 0.4) is 0 Å². The van der Waals surface area contributed by atoms with Crippen molar-refractivity contribution in [1.29, 1.82) is 0 Å². The average molecular weight is 268 g/mol. The molecule has 100 valence electrons. The van der Waals surface area contributed by atoms with Gasteiger partial charge in [0, 0.05) is 17.0 Å². The highest BCUT2D eigenvalue weighted by molar-refractivity contribution is 6.09. The quantitative estimate of drug-likeness (QED) is 0.740. The van der Waals surface area contributed by atoms with E-state index in [9.17, 15) is 9.90 Å². The van der Waals surface area contributed by atoms with E-state index in [0.717, 1.165) is 5.39 Å². The number of methoxy groups -OCH3 is 1. The monoisotopic (exact) mass is 268 g/mol. The molecule has 0 aliphatic heterocycles. The number of phenolic OH excluding ortho intramolecular Hbond substituents is 1. The van der Waals surface area contributed by atoms with Crippen molar-refractivity contribution in [2.45, 2.75) is 0 Å². The summed E-state index contributed by atoms with van der Waals surface area (Å²) in [4.78, 5) is 12.3. The lowest BCUT2D eigenvalue weighted by Crippen LogP contribution is -1.98. The molecule has 0 radical (unpaired) electrons. The number of rotatable bonds is 3. The lowest BCUT2D eigenvalue weighted by molar-refractivity contribution is 0.101. The molecule has 0 amide bonds. The van der Waals surface area contributed by atoms with Gasteiger partial charge in [-0.2, -0.15) is 0 Å². The van der Waals surface area contributed by atoms with Gasteiger partial charge in [-0.15, -0.1) is 0 Å². The molecule has 4 nitrogen and oxygen atoms in total. The Morgan fingerprint density at radius 1 is 1.15 bits per heavy atom. The van der Waals surface area contributed by atoms with Crippen molar-refractivity contribution in [3.8, 4) is 11.5 Å². The molecular weight excluding hydrogens is 256 g/mol. The number of ketones is 1. The lowest BCUT2D eigenvalue weighted by atomic mass is 10.1. The predicted molar refractivity (Wildman–Crippen MR) is 74.3 cm³/mol. The van der Waals surface area contributed by atoms with Gasteiger partial charge in [-0.25, -0.2) is 0 Å². The Morgan fingerprint density at radius 2 is 2.00 bits per heavy atom. The third-order valence-electron chi connectivity index (χ3n) is 3.06. The van der Waals surface area contributed by atoms with Crippen LogP contribution in [-0.4, -0.2) is 18.0 Å². The molecule has 0 aliphatic carbocycles. The minimum atomic E-state index is -0.268. The van der Waals surface area contributed by atoms with E-state index < -0.39 is 0 Å². The highest BCUT2D eigenvalue weighted by Crippen LogP contribution is 2.26. The van der Waals surface area contributed by atoms with Crippen molar-refractivity contribution in [2.75, 3.05) is 7.11 Å². The first-order chi connectivity index (χ1) is 9.67. The van der Waals surface area contributed by atoms with Crippen molar-refractivity contribution in [3.05, 3.63) is 59.9 Å². The van der Waals surface area contributed by atoms with E-state index in [0.29, 0.717) is 16.9 Å². The molecule has 2 aromatic carbocycles. The number of aromatic hydroxyl groups is 1. The molecule has 3 aromatic rings. The third kappa shape index (κ3) is 2.12. The number of benzene rings is 2. The fraction of sp³-hybridized carbons (Fsp3) is 0.0625. The third-order valence-corrected chi connectivity index (χ3v) is 3.06. The van der Waals surface area contributed by atoms with E-state index in [-0.39, 0.29) is 17.3 Å². The van der Waals surface area contributed by atoms with Crippen LogP contribution in [0.5, 0.6) is 11.5 Å². The van der Waals surface area contributed by atoms with Gasteiger partial charge in [-0.05, 0) is 30.3 Å². The van der Waals surface area contributed by atoms with Gasteiger partial charge in [0.15, 0.2) is 5.76 Å². The molecule has 0 spiro atoms. The normalized spacial score (nSPS) is 10.7. The number of phenols is 1. The second-order valence-electron chi connectivity index (χ2n) is 4.39. The number of furan rings is 1. The van der Waals surface area contributed by atoms with Crippen molar-refractivity contribution in [1.82, 2.24) is 0 Å². The molecule has 20 heavy (non-hydrogen) atoms. The molecule has 4 heteroatoms. The maximum Gasteiger partial charge on any atom is 0.228 e. The van der Waals surface area contributed by atoms with Crippen LogP contribution in [0.2, 0.25) is 0 Å². The highest BCUT2D eigenvalue weighted by Gasteiger charge is 2.15. The van der Waals surface area contributed by atoms with Gasteiger partial charge in [0.25, 0.3) is 0 Å². The topological polar surface area (TPSA) is 59.7 Å². The number of hydrogen-bond donors (Lipinski definition) is 1. The van der Waals surface area contributed by atoms with E-state index >= 15 is 0 Å². The van der Waals surface area contributed by atoms with E-state index in [1.807, 2.05) is 6.07 Å². The standard InChI is InChI=1S/C16H12O4/c1-19-13-6-5-10-8-15(20-14(10)9-13)16(18)11-3-2-4-12(17)7-11/h2-9,17H,1H3. The predicted octanol–water partition coefficient (Wildman–Crippen LogP) is 3.38. The molecule has 0 saturated heterocycles. The van der Waals surface area contributed by atoms with Gasteiger partial charge in [-0.1, -0.05) is 12.1 Å². The molecule has 1 N–H and O–H groups in total. The van der Waals surface area contributed by atoms with Crippen molar-refractivity contribution in [2.24, 2.45) is 0 Å². The number of hydrogen-bond acceptors (Lipinski definition) is 4. The maximum absolute atomic E-state index is 12.3. The van der Waals surface area contributed by atoms with Gasteiger partial charge in [0.1, 0.15) is 17.1 Å². The zero-order chi connectivity index (χ0) is 14.1. The van der Waals surface area contributed by atoms with E-state index in [4.69, 9.17) is 9.15 Å². The van der Waals surface area contributed by atoms with Crippen molar-refractivity contribution < 1.29 is 19.1 Å². The number of fused-ring (bicyclic) bond motifs is 1. The minimum absolute atomic E-state index is 0.0497. The molecule has 1 aromatic heterocycles. The van der Waals surface area contributed by atoms with E-state index in [1.165, 1.54) is 12.1 Å². The second kappa shape index (κ2) is 4.74. The smallest absolute Gasteiger partial charge is 0.228 e. The summed E-state index contributed by atoms with van der Waals surface area (Å²) in [6, 6.07) is 13.2. The van der Waals surface area contributed by atoms with E-state index in [2.05, 4.69) is 0 Å². The van der Waals surface area contributed by atoms with Crippen molar-refractivity contribution >= 4 is 16.8 Å². The zero-order valence-corrected chi connectivity index (χ0v) is 10.8. The number of ether oxygens (including phenoxy) is 1. The summed E-state index contributed by atoms with van der Waals surface area (Å²) in [7, 11) is 1.57. The summed E-state index contributed by atoms with van der Waals surface area (Å²) in [6.07, 6.45) is 0. The average Bonchev–Trinajstić information content (AvgIpc) is 2.89. The van der Waals surface area contributed by atoms with Gasteiger partial charge in [0.2, 0.25) is 5.78 Å². The Bertz CT molecular complexity index is 786. The van der Waals surface area contributed by atoms with Crippen molar-refractivity contribution in [3.63, 3.8) is 0 Å². The molecule has 0 saturated carbocycles. The molecule has 0 aliphatic rings. The molecule has 1 heterocycles. The zero-order valence-electron chi connectivity index (χ0n) is 10.8. The van der Waals surface area contributed by atoms with Gasteiger partial charge >= 0.3 is 0 Å². The summed E-state index contributed by atoms with van der Waals surface area (Å²) < 4.78 is 10.7. The summed E-state index contributed by atoms with van der Waals surface area (Å²) in [6.45, 7) is 0. The van der Waals surface area contributed by atoms with Crippen LogP contribution in [0, 0.1) is 0 Å². The van der Waals surface area contributed by atoms with Crippen LogP contribution >= 0.6 is 0 Å². The largest absolute Gasteiger partial charge is 0.508 e. The number of carbonyl (C=O) groups excluding carboxylic acids is 1. The first-order valence-electron chi connectivity index (χ1n) is 6.09. The maximum atomic E-state index is 12.3. The number of carbonyl (C=O) groups is 1. The lowest BCUT2D eigenvalue weighted by Gasteiger charge is -1.98. The van der Waals surface area contributed by atoms with Gasteiger partial charge < -0.3 is 14.3 Å². The van der Waals surface area contributed by atoms with Crippen LogP contribution in [-0.2, 0) is 0 Å². The Labute approximate surface area is 115 Å². The van der Waals surface area contributed by atoms with Crippen LogP contribution in [0.4, 0.5) is 0 Å². The Balaban J connectivity index is 2.03. The first kappa shape index (κ1) is 12.3. The first-order valence-corrected chi connectivity index (χ1v) is 6.09. The van der Waals surface area contributed by atoms with Crippen LogP contribution in [0.1, 0.15) is 16.1 Å². The van der Waals surface area contributed by atoms with E-state index in [1.54, 1.807) is 37.4 Å². The van der Waals surface area contributed by atoms with Gasteiger partial charge in [0.05, 0.1) is 7.11 Å². The summed E-state index contributed by atoms with van der Waals surface area (Å²) in [5, 5.41) is 10.2. The highest BCUT2D eigenvalue weighted by atomic mass is 16.5. The Hall–Kier alpha value is -2.75.